The molecule has 0 aliphatic rings. The Bertz CT molecular complexity index is 204. The summed E-state index contributed by atoms with van der Waals surface area (Å²) < 4.78 is 5.23. The Morgan fingerprint density at radius 2 is 2.12 bits per heavy atom. The second kappa shape index (κ2) is 9.40. The molecule has 3 nitrogen and oxygen atoms in total. The zero-order valence-electron chi connectivity index (χ0n) is 10.6. The lowest BCUT2D eigenvalue weighted by Gasteiger charge is -2.15. The van der Waals surface area contributed by atoms with Crippen LogP contribution < -0.4 is 5.73 Å². The molecule has 0 saturated carbocycles. The van der Waals surface area contributed by atoms with Crippen molar-refractivity contribution in [1.82, 2.24) is 0 Å². The van der Waals surface area contributed by atoms with Gasteiger partial charge in [0.15, 0.2) is 0 Å². The van der Waals surface area contributed by atoms with E-state index < -0.39 is 6.04 Å². The van der Waals surface area contributed by atoms with Crippen LogP contribution in [0.1, 0.15) is 52.4 Å². The summed E-state index contributed by atoms with van der Waals surface area (Å²) in [6.45, 7) is 7.64. The number of hydrogen-bond donors (Lipinski definition) is 1. The highest BCUT2D eigenvalue weighted by atomic mass is 16.5. The van der Waals surface area contributed by atoms with E-state index in [4.69, 9.17) is 10.5 Å². The molecule has 0 radical (unpaired) electrons. The van der Waals surface area contributed by atoms with Crippen LogP contribution in [0, 0.1) is 0 Å². The van der Waals surface area contributed by atoms with Crippen molar-refractivity contribution in [2.24, 2.45) is 5.73 Å². The number of rotatable bonds is 9. The molecule has 0 aromatic carbocycles. The molecule has 3 heteroatoms. The second-order valence-electron chi connectivity index (χ2n) is 4.23. The van der Waals surface area contributed by atoms with Crippen molar-refractivity contribution in [3.8, 4) is 0 Å². The Morgan fingerprint density at radius 1 is 1.44 bits per heavy atom. The number of hydrogen-bond acceptors (Lipinski definition) is 3. The zero-order valence-corrected chi connectivity index (χ0v) is 10.6. The molecule has 0 aliphatic heterocycles. The van der Waals surface area contributed by atoms with Crippen LogP contribution in [0.5, 0.6) is 0 Å². The molecule has 0 aliphatic carbocycles. The summed E-state index contributed by atoms with van der Waals surface area (Å²) in [7, 11) is 0. The molecule has 0 rings (SSSR count). The molecule has 0 bridgehead atoms. The van der Waals surface area contributed by atoms with Gasteiger partial charge in [0.1, 0.15) is 6.04 Å². The fraction of sp³-hybridized carbons (Fsp3) is 0.769. The summed E-state index contributed by atoms with van der Waals surface area (Å²) in [6, 6.07) is -0.560. The van der Waals surface area contributed by atoms with Gasteiger partial charge >= 0.3 is 5.97 Å². The SMILES string of the molecule is C=CCC(N)C(=O)OC(C)CCCCCC. The van der Waals surface area contributed by atoms with E-state index in [-0.39, 0.29) is 12.1 Å². The maximum Gasteiger partial charge on any atom is 0.323 e. The Kier molecular flexibility index (Phi) is 8.91. The fourth-order valence-electron chi connectivity index (χ4n) is 1.48. The molecule has 2 unspecified atom stereocenters. The van der Waals surface area contributed by atoms with Gasteiger partial charge in [-0.15, -0.1) is 6.58 Å². The third kappa shape index (κ3) is 7.46. The third-order valence-electron chi connectivity index (χ3n) is 2.50. The molecule has 0 saturated heterocycles. The van der Waals surface area contributed by atoms with Crippen LogP contribution in [0.25, 0.3) is 0 Å². The predicted octanol–water partition coefficient (Wildman–Crippen LogP) is 2.79. The molecule has 2 atom stereocenters. The largest absolute Gasteiger partial charge is 0.462 e. The van der Waals surface area contributed by atoms with Gasteiger partial charge in [-0.05, 0) is 26.2 Å². The lowest BCUT2D eigenvalue weighted by atomic mass is 10.1. The maximum atomic E-state index is 11.4. The molecule has 0 aromatic rings. The molecule has 0 fully saturated rings. The van der Waals surface area contributed by atoms with Gasteiger partial charge in [-0.1, -0.05) is 32.3 Å². The molecular weight excluding hydrogens is 202 g/mol. The molecule has 94 valence electrons. The van der Waals surface area contributed by atoms with E-state index in [1.54, 1.807) is 6.08 Å². The lowest BCUT2D eigenvalue weighted by molar-refractivity contribution is -0.150. The molecule has 0 spiro atoms. The standard InChI is InChI=1S/C13H25NO2/c1-4-6-7-8-10-11(3)16-13(15)12(14)9-5-2/h5,11-12H,2,4,6-10,14H2,1,3H3. The van der Waals surface area contributed by atoms with E-state index in [1.807, 2.05) is 6.92 Å². The Morgan fingerprint density at radius 3 is 2.69 bits per heavy atom. The van der Waals surface area contributed by atoms with Gasteiger partial charge < -0.3 is 10.5 Å². The van der Waals surface area contributed by atoms with Crippen molar-refractivity contribution in [2.45, 2.75) is 64.5 Å². The fourth-order valence-corrected chi connectivity index (χ4v) is 1.48. The molecule has 2 N–H and O–H groups in total. The quantitative estimate of drug-likeness (QED) is 0.374. The lowest BCUT2D eigenvalue weighted by Crippen LogP contribution is -2.33. The van der Waals surface area contributed by atoms with Crippen molar-refractivity contribution < 1.29 is 9.53 Å². The first-order chi connectivity index (χ1) is 7.61. The molecular formula is C13H25NO2. The van der Waals surface area contributed by atoms with Crippen LogP contribution in [-0.2, 0) is 9.53 Å². The summed E-state index contributed by atoms with van der Waals surface area (Å²) in [5.74, 6) is -0.317. The minimum absolute atomic E-state index is 0.0276. The average Bonchev–Trinajstić information content (AvgIpc) is 2.24. The Labute approximate surface area is 99.0 Å². The van der Waals surface area contributed by atoms with Crippen LogP contribution in [0.2, 0.25) is 0 Å². The van der Waals surface area contributed by atoms with Gasteiger partial charge in [0.2, 0.25) is 0 Å². The van der Waals surface area contributed by atoms with Gasteiger partial charge in [0.25, 0.3) is 0 Å². The Balaban J connectivity index is 3.64. The van der Waals surface area contributed by atoms with Gasteiger partial charge in [0, 0.05) is 0 Å². The minimum atomic E-state index is -0.560. The zero-order chi connectivity index (χ0) is 12.4. The summed E-state index contributed by atoms with van der Waals surface area (Å²) in [5.41, 5.74) is 5.61. The van der Waals surface area contributed by atoms with Gasteiger partial charge in [-0.3, -0.25) is 4.79 Å². The van der Waals surface area contributed by atoms with Gasteiger partial charge in [-0.25, -0.2) is 0 Å². The smallest absolute Gasteiger partial charge is 0.323 e. The molecule has 0 amide bonds. The van der Waals surface area contributed by atoms with Crippen LogP contribution in [0.4, 0.5) is 0 Å². The van der Waals surface area contributed by atoms with Gasteiger partial charge in [-0.2, -0.15) is 0 Å². The number of carbonyl (C=O) groups excluding carboxylic acids is 1. The normalized spacial score (nSPS) is 14.2. The summed E-state index contributed by atoms with van der Waals surface area (Å²) in [5, 5.41) is 0. The number of esters is 1. The molecule has 0 aromatic heterocycles. The van der Waals surface area contributed by atoms with Crippen LogP contribution in [-0.4, -0.2) is 18.1 Å². The Hall–Kier alpha value is -0.830. The number of nitrogens with two attached hydrogens (primary N) is 1. The predicted molar refractivity (Wildman–Crippen MR) is 67.1 cm³/mol. The number of ether oxygens (including phenoxy) is 1. The molecule has 16 heavy (non-hydrogen) atoms. The van der Waals surface area contributed by atoms with Crippen molar-refractivity contribution >= 4 is 5.97 Å². The second-order valence-corrected chi connectivity index (χ2v) is 4.23. The van der Waals surface area contributed by atoms with Crippen LogP contribution >= 0.6 is 0 Å². The first kappa shape index (κ1) is 15.2. The number of unbranched alkanes of at least 4 members (excludes halogenated alkanes) is 3. The average molecular weight is 227 g/mol. The van der Waals surface area contributed by atoms with Crippen LogP contribution in [0.15, 0.2) is 12.7 Å². The highest BCUT2D eigenvalue weighted by Crippen LogP contribution is 2.08. The molecule has 0 heterocycles. The van der Waals surface area contributed by atoms with E-state index in [2.05, 4.69) is 13.5 Å². The summed E-state index contributed by atoms with van der Waals surface area (Å²) >= 11 is 0. The topological polar surface area (TPSA) is 52.3 Å². The van der Waals surface area contributed by atoms with E-state index in [0.717, 1.165) is 12.8 Å². The first-order valence-electron chi connectivity index (χ1n) is 6.18. The maximum absolute atomic E-state index is 11.4. The number of carbonyl (C=O) groups is 1. The van der Waals surface area contributed by atoms with Crippen LogP contribution in [0.3, 0.4) is 0 Å². The van der Waals surface area contributed by atoms with E-state index in [9.17, 15) is 4.79 Å². The van der Waals surface area contributed by atoms with E-state index >= 15 is 0 Å². The van der Waals surface area contributed by atoms with E-state index in [1.165, 1.54) is 19.3 Å². The highest BCUT2D eigenvalue weighted by Gasteiger charge is 2.16. The van der Waals surface area contributed by atoms with E-state index in [0.29, 0.717) is 6.42 Å². The minimum Gasteiger partial charge on any atom is -0.462 e. The highest BCUT2D eigenvalue weighted by molar-refractivity contribution is 5.75. The van der Waals surface area contributed by atoms with Crippen molar-refractivity contribution in [3.05, 3.63) is 12.7 Å². The summed E-state index contributed by atoms with van der Waals surface area (Å²) in [4.78, 5) is 11.4. The third-order valence-corrected chi connectivity index (χ3v) is 2.50. The monoisotopic (exact) mass is 227 g/mol. The van der Waals surface area contributed by atoms with Crippen molar-refractivity contribution in [3.63, 3.8) is 0 Å². The van der Waals surface area contributed by atoms with Crippen molar-refractivity contribution in [1.29, 1.82) is 0 Å². The van der Waals surface area contributed by atoms with Gasteiger partial charge in [0.05, 0.1) is 6.10 Å². The first-order valence-corrected chi connectivity index (χ1v) is 6.18. The summed E-state index contributed by atoms with van der Waals surface area (Å²) in [6.07, 6.45) is 7.79. The van der Waals surface area contributed by atoms with Crippen molar-refractivity contribution in [2.75, 3.05) is 0 Å².